The van der Waals surface area contributed by atoms with Crippen molar-refractivity contribution >= 4 is 17.0 Å². The average molecular weight is 290 g/mol. The largest absolute Gasteiger partial charge is 0.497 e. The number of nitrogens with zero attached hydrogens (tertiary/aromatic N) is 1. The summed E-state index contributed by atoms with van der Waals surface area (Å²) in [5.74, 6) is 0.903. The van der Waals surface area contributed by atoms with Crippen LogP contribution in [0.15, 0.2) is 41.1 Å². The maximum absolute atomic E-state index is 5.25. The predicted molar refractivity (Wildman–Crippen MR) is 87.2 cm³/mol. The Hall–Kier alpha value is -1.52. The zero-order valence-corrected chi connectivity index (χ0v) is 13.0. The minimum absolute atomic E-state index is 0.903. The number of methoxy groups -OCH3 is 1. The van der Waals surface area contributed by atoms with Gasteiger partial charge in [-0.2, -0.15) is 11.3 Å². The van der Waals surface area contributed by atoms with Crippen molar-refractivity contribution in [2.45, 2.75) is 6.42 Å². The third-order valence-electron chi connectivity index (χ3n) is 3.29. The molecule has 0 aliphatic heterocycles. The Morgan fingerprint density at radius 3 is 2.90 bits per heavy atom. The van der Waals surface area contributed by atoms with Gasteiger partial charge in [-0.1, -0.05) is 6.07 Å². The van der Waals surface area contributed by atoms with Gasteiger partial charge in [0.2, 0.25) is 0 Å². The van der Waals surface area contributed by atoms with Gasteiger partial charge < -0.3 is 15.0 Å². The molecule has 4 heteroatoms. The quantitative estimate of drug-likeness (QED) is 0.756. The van der Waals surface area contributed by atoms with Gasteiger partial charge in [0.05, 0.1) is 7.11 Å². The van der Waals surface area contributed by atoms with Gasteiger partial charge in [-0.15, -0.1) is 0 Å². The number of rotatable bonds is 8. The summed E-state index contributed by atoms with van der Waals surface area (Å²) in [5.41, 5.74) is 2.60. The lowest BCUT2D eigenvalue weighted by Gasteiger charge is -2.20. The third-order valence-corrected chi connectivity index (χ3v) is 4.02. The molecule has 108 valence electrons. The van der Waals surface area contributed by atoms with E-state index in [0.717, 1.165) is 31.8 Å². The minimum atomic E-state index is 0.903. The minimum Gasteiger partial charge on any atom is -0.497 e. The SMILES string of the molecule is COc1cccc(N(C)CCNCCc2ccsc2)c1. The lowest BCUT2D eigenvalue weighted by molar-refractivity contribution is 0.415. The summed E-state index contributed by atoms with van der Waals surface area (Å²) in [6, 6.07) is 10.3. The average Bonchev–Trinajstić information content (AvgIpc) is 3.00. The molecule has 0 atom stereocenters. The van der Waals surface area contributed by atoms with E-state index >= 15 is 0 Å². The van der Waals surface area contributed by atoms with Crippen molar-refractivity contribution in [3.05, 3.63) is 46.7 Å². The van der Waals surface area contributed by atoms with Crippen molar-refractivity contribution in [2.75, 3.05) is 38.7 Å². The molecule has 1 aromatic heterocycles. The Morgan fingerprint density at radius 2 is 2.15 bits per heavy atom. The van der Waals surface area contributed by atoms with Gasteiger partial charge in [-0.05, 0) is 47.5 Å². The fourth-order valence-corrected chi connectivity index (χ4v) is 2.72. The first-order chi connectivity index (χ1) is 9.79. The van der Waals surface area contributed by atoms with Crippen LogP contribution < -0.4 is 15.0 Å². The second kappa shape index (κ2) is 7.92. The van der Waals surface area contributed by atoms with E-state index in [2.05, 4.69) is 46.2 Å². The summed E-state index contributed by atoms with van der Waals surface area (Å²) in [6.07, 6.45) is 1.10. The van der Waals surface area contributed by atoms with Crippen LogP contribution in [0.4, 0.5) is 5.69 Å². The summed E-state index contributed by atoms with van der Waals surface area (Å²) >= 11 is 1.76. The lowest BCUT2D eigenvalue weighted by atomic mass is 10.2. The highest BCUT2D eigenvalue weighted by molar-refractivity contribution is 7.07. The van der Waals surface area contributed by atoms with Gasteiger partial charge in [0.15, 0.2) is 0 Å². The van der Waals surface area contributed by atoms with Crippen LogP contribution in [0.1, 0.15) is 5.56 Å². The fourth-order valence-electron chi connectivity index (χ4n) is 2.02. The smallest absolute Gasteiger partial charge is 0.120 e. The zero-order valence-electron chi connectivity index (χ0n) is 12.1. The number of likely N-dealkylation sites (N-methyl/N-ethyl adjacent to an activating group) is 1. The summed E-state index contributed by atoms with van der Waals surface area (Å²) in [5, 5.41) is 7.83. The molecule has 0 spiro atoms. The molecule has 1 N–H and O–H groups in total. The number of hydrogen-bond acceptors (Lipinski definition) is 4. The van der Waals surface area contributed by atoms with Crippen molar-refractivity contribution in [3.63, 3.8) is 0 Å². The van der Waals surface area contributed by atoms with Crippen LogP contribution in [-0.4, -0.2) is 33.8 Å². The summed E-state index contributed by atoms with van der Waals surface area (Å²) in [7, 11) is 3.81. The molecular formula is C16H22N2OS. The van der Waals surface area contributed by atoms with Gasteiger partial charge in [0.25, 0.3) is 0 Å². The van der Waals surface area contributed by atoms with E-state index < -0.39 is 0 Å². The monoisotopic (exact) mass is 290 g/mol. The van der Waals surface area contributed by atoms with Gasteiger partial charge in [0.1, 0.15) is 5.75 Å². The number of thiophene rings is 1. The van der Waals surface area contributed by atoms with E-state index in [-0.39, 0.29) is 0 Å². The van der Waals surface area contributed by atoms with E-state index in [1.807, 2.05) is 12.1 Å². The number of nitrogens with one attached hydrogen (secondary N) is 1. The molecule has 0 fully saturated rings. The van der Waals surface area contributed by atoms with Gasteiger partial charge >= 0.3 is 0 Å². The molecule has 0 aliphatic carbocycles. The molecule has 0 aliphatic rings. The van der Waals surface area contributed by atoms with Gasteiger partial charge in [0, 0.05) is 31.9 Å². The van der Waals surface area contributed by atoms with E-state index in [9.17, 15) is 0 Å². The molecule has 3 nitrogen and oxygen atoms in total. The van der Waals surface area contributed by atoms with E-state index in [1.54, 1.807) is 18.4 Å². The molecule has 1 aromatic carbocycles. The van der Waals surface area contributed by atoms with Crippen molar-refractivity contribution < 1.29 is 4.74 Å². The summed E-state index contributed by atoms with van der Waals surface area (Å²) in [4.78, 5) is 2.24. The summed E-state index contributed by atoms with van der Waals surface area (Å²) < 4.78 is 5.25. The van der Waals surface area contributed by atoms with Crippen molar-refractivity contribution in [3.8, 4) is 5.75 Å². The molecule has 0 amide bonds. The lowest BCUT2D eigenvalue weighted by Crippen LogP contribution is -2.30. The molecule has 1 heterocycles. The molecule has 0 bridgehead atoms. The number of hydrogen-bond donors (Lipinski definition) is 1. The van der Waals surface area contributed by atoms with Crippen LogP contribution in [0, 0.1) is 0 Å². The first kappa shape index (κ1) is 14.9. The first-order valence-corrected chi connectivity index (χ1v) is 7.81. The third kappa shape index (κ3) is 4.54. The van der Waals surface area contributed by atoms with Crippen LogP contribution in [-0.2, 0) is 6.42 Å². The first-order valence-electron chi connectivity index (χ1n) is 6.86. The topological polar surface area (TPSA) is 24.5 Å². The summed E-state index contributed by atoms with van der Waals surface area (Å²) in [6.45, 7) is 3.00. The Bertz CT molecular complexity index is 499. The molecular weight excluding hydrogens is 268 g/mol. The van der Waals surface area contributed by atoms with E-state index in [1.165, 1.54) is 11.3 Å². The van der Waals surface area contributed by atoms with Gasteiger partial charge in [-0.25, -0.2) is 0 Å². The standard InChI is InChI=1S/C16H22N2OS/c1-18(15-4-3-5-16(12-15)19-2)10-9-17-8-6-14-7-11-20-13-14/h3-5,7,11-13,17H,6,8-10H2,1-2H3. The Labute approximate surface area is 125 Å². The maximum Gasteiger partial charge on any atom is 0.120 e. The highest BCUT2D eigenvalue weighted by atomic mass is 32.1. The number of benzene rings is 1. The van der Waals surface area contributed by atoms with E-state index in [0.29, 0.717) is 0 Å². The van der Waals surface area contributed by atoms with Crippen molar-refractivity contribution in [1.29, 1.82) is 0 Å². The molecule has 0 saturated heterocycles. The predicted octanol–water partition coefficient (Wildman–Crippen LogP) is 3.03. The van der Waals surface area contributed by atoms with Crippen LogP contribution >= 0.6 is 11.3 Å². The second-order valence-corrected chi connectivity index (χ2v) is 5.53. The Kier molecular flexibility index (Phi) is 5.89. The van der Waals surface area contributed by atoms with E-state index in [4.69, 9.17) is 4.74 Å². The highest BCUT2D eigenvalue weighted by Gasteiger charge is 2.01. The van der Waals surface area contributed by atoms with Gasteiger partial charge in [-0.3, -0.25) is 0 Å². The number of ether oxygens (including phenoxy) is 1. The van der Waals surface area contributed by atoms with Crippen LogP contribution in [0.3, 0.4) is 0 Å². The van der Waals surface area contributed by atoms with Crippen molar-refractivity contribution in [1.82, 2.24) is 5.32 Å². The molecule has 0 unspecified atom stereocenters. The van der Waals surface area contributed by atoms with Crippen molar-refractivity contribution in [2.24, 2.45) is 0 Å². The fraction of sp³-hybridized carbons (Fsp3) is 0.375. The van der Waals surface area contributed by atoms with Crippen LogP contribution in [0.25, 0.3) is 0 Å². The Balaban J connectivity index is 1.68. The number of anilines is 1. The molecule has 0 saturated carbocycles. The zero-order chi connectivity index (χ0) is 14.2. The highest BCUT2D eigenvalue weighted by Crippen LogP contribution is 2.19. The van der Waals surface area contributed by atoms with Crippen LogP contribution in [0.5, 0.6) is 5.75 Å². The molecule has 0 radical (unpaired) electrons. The van der Waals surface area contributed by atoms with Crippen LogP contribution in [0.2, 0.25) is 0 Å². The maximum atomic E-state index is 5.25. The molecule has 2 rings (SSSR count). The normalized spacial score (nSPS) is 10.5. The molecule has 20 heavy (non-hydrogen) atoms. The Morgan fingerprint density at radius 1 is 1.25 bits per heavy atom. The second-order valence-electron chi connectivity index (χ2n) is 4.75. The molecule has 2 aromatic rings.